The summed E-state index contributed by atoms with van der Waals surface area (Å²) in [7, 11) is 0. The van der Waals surface area contributed by atoms with Crippen LogP contribution in [0.1, 0.15) is 42.6 Å². The first kappa shape index (κ1) is 14.7. The van der Waals surface area contributed by atoms with Crippen molar-refractivity contribution in [2.75, 3.05) is 6.54 Å². The van der Waals surface area contributed by atoms with Crippen LogP contribution >= 0.6 is 0 Å². The number of para-hydroxylation sites is 1. The zero-order valence-electron chi connectivity index (χ0n) is 14.1. The van der Waals surface area contributed by atoms with Crippen molar-refractivity contribution in [3.63, 3.8) is 0 Å². The minimum atomic E-state index is -0.273. The first-order chi connectivity index (χ1) is 12.1. The summed E-state index contributed by atoms with van der Waals surface area (Å²) in [4.78, 5) is 17.9. The fourth-order valence-electron chi connectivity index (χ4n) is 4.47. The molecule has 0 bridgehead atoms. The highest BCUT2D eigenvalue weighted by atomic mass is 19.1. The lowest BCUT2D eigenvalue weighted by molar-refractivity contribution is -0.131. The average Bonchev–Trinajstić information content (AvgIpc) is 3.24. The van der Waals surface area contributed by atoms with Crippen LogP contribution < -0.4 is 0 Å². The fourth-order valence-corrected chi connectivity index (χ4v) is 4.47. The number of benzene rings is 2. The average molecular weight is 334 g/mol. The molecule has 2 aliphatic rings. The predicted octanol–water partition coefficient (Wildman–Crippen LogP) is 4.29. The molecule has 2 aromatic carbocycles. The highest BCUT2D eigenvalue weighted by Crippen LogP contribution is 2.57. The summed E-state index contributed by atoms with van der Waals surface area (Å²) in [5, 5.41) is 1.24. The number of amides is 1. The number of nitrogens with one attached hydrogen (secondary N) is 1. The van der Waals surface area contributed by atoms with E-state index in [9.17, 15) is 9.18 Å². The third-order valence-corrected chi connectivity index (χ3v) is 5.75. The van der Waals surface area contributed by atoms with Crippen molar-refractivity contribution >= 4 is 16.8 Å². The van der Waals surface area contributed by atoms with Gasteiger partial charge < -0.3 is 9.88 Å². The molecule has 0 saturated heterocycles. The van der Waals surface area contributed by atoms with E-state index < -0.39 is 0 Å². The Morgan fingerprint density at radius 2 is 2.00 bits per heavy atom. The molecule has 3 aromatic rings. The van der Waals surface area contributed by atoms with Crippen molar-refractivity contribution in [2.24, 2.45) is 0 Å². The molecular weight excluding hydrogens is 315 g/mol. The molecule has 1 unspecified atom stereocenters. The monoisotopic (exact) mass is 334 g/mol. The summed E-state index contributed by atoms with van der Waals surface area (Å²) in [6.07, 6.45) is 2.20. The standard InChI is InChI=1S/C21H19FN2O/c1-13(25)24-12-21(9-10-21)18-16-7-2-3-8-17(16)23-19(18)20(24)14-5-4-6-15(22)11-14/h2-8,11,20,23H,9-10,12H2,1H3. The smallest absolute Gasteiger partial charge is 0.220 e. The highest BCUT2D eigenvalue weighted by Gasteiger charge is 2.54. The minimum Gasteiger partial charge on any atom is -0.356 e. The van der Waals surface area contributed by atoms with E-state index in [2.05, 4.69) is 23.2 Å². The summed E-state index contributed by atoms with van der Waals surface area (Å²) < 4.78 is 13.9. The highest BCUT2D eigenvalue weighted by molar-refractivity contribution is 5.88. The molecule has 126 valence electrons. The summed E-state index contributed by atoms with van der Waals surface area (Å²) >= 11 is 0. The largest absolute Gasteiger partial charge is 0.356 e. The Morgan fingerprint density at radius 3 is 2.72 bits per heavy atom. The van der Waals surface area contributed by atoms with Crippen molar-refractivity contribution in [3.8, 4) is 0 Å². The number of aromatic amines is 1. The fraction of sp³-hybridized carbons (Fsp3) is 0.286. The Hall–Kier alpha value is -2.62. The molecule has 25 heavy (non-hydrogen) atoms. The lowest BCUT2D eigenvalue weighted by atomic mass is 9.83. The van der Waals surface area contributed by atoms with Gasteiger partial charge in [-0.15, -0.1) is 0 Å². The lowest BCUT2D eigenvalue weighted by Gasteiger charge is -2.40. The molecule has 1 spiro atoms. The molecule has 1 N–H and O–H groups in total. The Balaban J connectivity index is 1.80. The number of carbonyl (C=O) groups excluding carboxylic acids is 1. The molecule has 4 heteroatoms. The van der Waals surface area contributed by atoms with E-state index in [1.54, 1.807) is 19.1 Å². The number of nitrogens with zero attached hydrogens (tertiary/aromatic N) is 1. The molecule has 1 fully saturated rings. The number of aromatic nitrogens is 1. The van der Waals surface area contributed by atoms with E-state index in [4.69, 9.17) is 0 Å². The number of hydrogen-bond acceptors (Lipinski definition) is 1. The maximum Gasteiger partial charge on any atom is 0.220 e. The van der Waals surface area contributed by atoms with E-state index in [0.29, 0.717) is 6.54 Å². The molecule has 1 saturated carbocycles. The van der Waals surface area contributed by atoms with Gasteiger partial charge in [-0.25, -0.2) is 4.39 Å². The molecule has 1 aliphatic heterocycles. The molecule has 1 atom stereocenters. The van der Waals surface area contributed by atoms with Crippen molar-refractivity contribution in [3.05, 3.63) is 71.2 Å². The van der Waals surface area contributed by atoms with Gasteiger partial charge in [0.25, 0.3) is 0 Å². The second-order valence-corrected chi connectivity index (χ2v) is 7.34. The number of halogens is 1. The van der Waals surface area contributed by atoms with E-state index in [0.717, 1.165) is 29.6 Å². The Labute approximate surface area is 145 Å². The lowest BCUT2D eigenvalue weighted by Crippen LogP contribution is -2.44. The van der Waals surface area contributed by atoms with Gasteiger partial charge in [0, 0.05) is 35.5 Å². The van der Waals surface area contributed by atoms with Gasteiger partial charge in [0.15, 0.2) is 0 Å². The molecule has 3 nitrogen and oxygen atoms in total. The predicted molar refractivity (Wildman–Crippen MR) is 94.8 cm³/mol. The number of hydrogen-bond donors (Lipinski definition) is 1. The van der Waals surface area contributed by atoms with Crippen LogP contribution in [0.4, 0.5) is 4.39 Å². The molecule has 1 aromatic heterocycles. The molecule has 5 rings (SSSR count). The molecule has 1 amide bonds. The first-order valence-corrected chi connectivity index (χ1v) is 8.73. The number of carbonyl (C=O) groups is 1. The van der Waals surface area contributed by atoms with Gasteiger partial charge in [-0.3, -0.25) is 4.79 Å². The van der Waals surface area contributed by atoms with Crippen LogP contribution in [0.2, 0.25) is 0 Å². The summed E-state index contributed by atoms with van der Waals surface area (Å²) in [5.74, 6) is -0.241. The van der Waals surface area contributed by atoms with E-state index >= 15 is 0 Å². The SMILES string of the molecule is CC(=O)N1CC2(CC2)c2c([nH]c3ccccc23)C1c1cccc(F)c1. The van der Waals surface area contributed by atoms with Gasteiger partial charge in [0.2, 0.25) is 5.91 Å². The van der Waals surface area contributed by atoms with Crippen LogP contribution in [-0.4, -0.2) is 22.3 Å². The van der Waals surface area contributed by atoms with Crippen molar-refractivity contribution < 1.29 is 9.18 Å². The molecule has 1 aliphatic carbocycles. The van der Waals surface area contributed by atoms with Gasteiger partial charge in [-0.1, -0.05) is 30.3 Å². The van der Waals surface area contributed by atoms with Gasteiger partial charge in [0.1, 0.15) is 5.82 Å². The van der Waals surface area contributed by atoms with Crippen LogP contribution in [0.15, 0.2) is 48.5 Å². The maximum atomic E-state index is 13.9. The van der Waals surface area contributed by atoms with E-state index in [1.165, 1.54) is 17.0 Å². The molecular formula is C21H19FN2O. The maximum absolute atomic E-state index is 13.9. The molecule has 2 heterocycles. The van der Waals surface area contributed by atoms with Gasteiger partial charge in [-0.05, 0) is 42.2 Å². The Bertz CT molecular complexity index is 1000. The Morgan fingerprint density at radius 1 is 1.20 bits per heavy atom. The van der Waals surface area contributed by atoms with Gasteiger partial charge >= 0.3 is 0 Å². The molecule has 0 radical (unpaired) electrons. The summed E-state index contributed by atoms with van der Waals surface area (Å²) in [6.45, 7) is 2.31. The number of H-pyrrole nitrogens is 1. The quantitative estimate of drug-likeness (QED) is 0.708. The minimum absolute atomic E-state index is 0.0323. The van der Waals surface area contributed by atoms with E-state index in [-0.39, 0.29) is 23.2 Å². The van der Waals surface area contributed by atoms with Crippen LogP contribution in [0.3, 0.4) is 0 Å². The van der Waals surface area contributed by atoms with Crippen LogP contribution in [0.25, 0.3) is 10.9 Å². The number of fused-ring (bicyclic) bond motifs is 4. The second-order valence-electron chi connectivity index (χ2n) is 7.34. The summed E-state index contributed by atoms with van der Waals surface area (Å²) in [5.41, 5.74) is 4.34. The van der Waals surface area contributed by atoms with Crippen molar-refractivity contribution in [1.29, 1.82) is 0 Å². The second kappa shape index (κ2) is 4.94. The normalized spacial score (nSPS) is 20.7. The third kappa shape index (κ3) is 2.06. The number of rotatable bonds is 1. The Kier molecular flexibility index (Phi) is 2.91. The summed E-state index contributed by atoms with van der Waals surface area (Å²) in [6, 6.07) is 14.6. The van der Waals surface area contributed by atoms with E-state index in [1.807, 2.05) is 17.0 Å². The van der Waals surface area contributed by atoms with Crippen molar-refractivity contribution in [1.82, 2.24) is 9.88 Å². The topological polar surface area (TPSA) is 36.1 Å². The van der Waals surface area contributed by atoms with Gasteiger partial charge in [0.05, 0.1) is 6.04 Å². The van der Waals surface area contributed by atoms with Crippen LogP contribution in [0.5, 0.6) is 0 Å². The van der Waals surface area contributed by atoms with Crippen LogP contribution in [0, 0.1) is 5.82 Å². The third-order valence-electron chi connectivity index (χ3n) is 5.75. The zero-order valence-corrected chi connectivity index (χ0v) is 14.1. The zero-order chi connectivity index (χ0) is 17.2. The van der Waals surface area contributed by atoms with Crippen LogP contribution in [-0.2, 0) is 10.2 Å². The first-order valence-electron chi connectivity index (χ1n) is 8.73. The van der Waals surface area contributed by atoms with Crippen molar-refractivity contribution in [2.45, 2.75) is 31.2 Å². The van der Waals surface area contributed by atoms with Gasteiger partial charge in [-0.2, -0.15) is 0 Å².